The maximum atomic E-state index is 12.4. The van der Waals surface area contributed by atoms with E-state index in [1.54, 1.807) is 0 Å². The van der Waals surface area contributed by atoms with Gasteiger partial charge in [0.2, 0.25) is 0 Å². The minimum absolute atomic E-state index is 0.210. The first-order valence-electron chi connectivity index (χ1n) is 7.64. The molecule has 6 nitrogen and oxygen atoms in total. The topological polar surface area (TPSA) is 73.1 Å². The Hall–Kier alpha value is -2.11. The van der Waals surface area contributed by atoms with Crippen LogP contribution in [-0.2, 0) is 20.0 Å². The summed E-state index contributed by atoms with van der Waals surface area (Å²) in [4.78, 5) is 36.9. The van der Waals surface area contributed by atoms with Crippen LogP contribution in [0.5, 0.6) is 0 Å². The van der Waals surface area contributed by atoms with Crippen molar-refractivity contribution in [3.8, 4) is 0 Å². The quantitative estimate of drug-likeness (QED) is 0.899. The average molecular weight is 303 g/mol. The highest BCUT2D eigenvalue weighted by molar-refractivity contribution is 5.96. The minimum Gasteiger partial charge on any atom is -0.325 e. The van der Waals surface area contributed by atoms with E-state index in [9.17, 15) is 14.4 Å². The summed E-state index contributed by atoms with van der Waals surface area (Å²) < 4.78 is 2.54. The molecule has 0 saturated heterocycles. The number of rotatable bonds is 4. The number of carbonyl (C=O) groups is 1. The third-order valence-electron chi connectivity index (χ3n) is 4.80. The fourth-order valence-corrected chi connectivity index (χ4v) is 3.06. The van der Waals surface area contributed by atoms with Crippen molar-refractivity contribution in [3.05, 3.63) is 44.4 Å². The van der Waals surface area contributed by atoms with Gasteiger partial charge in [-0.2, -0.15) is 0 Å². The van der Waals surface area contributed by atoms with E-state index in [2.05, 4.69) is 18.8 Å². The van der Waals surface area contributed by atoms with Gasteiger partial charge in [-0.1, -0.05) is 13.5 Å². The molecule has 0 atom stereocenters. The zero-order valence-corrected chi connectivity index (χ0v) is 13.1. The van der Waals surface area contributed by atoms with Crippen LogP contribution in [0.25, 0.3) is 0 Å². The Labute approximate surface area is 128 Å². The summed E-state index contributed by atoms with van der Waals surface area (Å²) >= 11 is 0. The number of nitrogens with one attached hydrogen (secondary N) is 1. The predicted octanol–water partition coefficient (Wildman–Crippen LogP) is 0.927. The maximum absolute atomic E-state index is 12.4. The fourth-order valence-electron chi connectivity index (χ4n) is 3.06. The molecule has 1 saturated carbocycles. The Kier molecular flexibility index (Phi) is 3.34. The maximum Gasteiger partial charge on any atom is 0.331 e. The van der Waals surface area contributed by atoms with Gasteiger partial charge in [-0.3, -0.25) is 18.7 Å². The van der Waals surface area contributed by atoms with Gasteiger partial charge in [-0.05, 0) is 31.1 Å². The molecule has 1 amide bonds. The Morgan fingerprint density at radius 1 is 1.27 bits per heavy atom. The van der Waals surface area contributed by atoms with Gasteiger partial charge in [0, 0.05) is 25.7 Å². The molecular weight excluding hydrogens is 282 g/mol. The van der Waals surface area contributed by atoms with E-state index < -0.39 is 17.2 Å². The highest BCUT2D eigenvalue weighted by Crippen LogP contribution is 2.48. The zero-order valence-electron chi connectivity index (χ0n) is 13.1. The van der Waals surface area contributed by atoms with Crippen molar-refractivity contribution in [3.63, 3.8) is 0 Å². The van der Waals surface area contributed by atoms with Crippen LogP contribution in [0.1, 0.15) is 48.7 Å². The Morgan fingerprint density at radius 2 is 1.95 bits per heavy atom. The van der Waals surface area contributed by atoms with Crippen LogP contribution >= 0.6 is 0 Å². The first-order chi connectivity index (χ1) is 10.3. The second kappa shape index (κ2) is 4.97. The Morgan fingerprint density at radius 3 is 2.59 bits per heavy atom. The van der Waals surface area contributed by atoms with E-state index in [-0.39, 0.29) is 12.1 Å². The number of aromatic nitrogens is 2. The van der Waals surface area contributed by atoms with Gasteiger partial charge >= 0.3 is 5.69 Å². The van der Waals surface area contributed by atoms with E-state index in [4.69, 9.17) is 0 Å². The van der Waals surface area contributed by atoms with Crippen LogP contribution in [0.2, 0.25) is 0 Å². The van der Waals surface area contributed by atoms with Crippen molar-refractivity contribution in [2.45, 2.75) is 45.6 Å². The van der Waals surface area contributed by atoms with Gasteiger partial charge < -0.3 is 5.32 Å². The van der Waals surface area contributed by atoms with Crippen molar-refractivity contribution < 1.29 is 4.79 Å². The average Bonchev–Trinajstić information content (AvgIpc) is 3.18. The molecule has 0 unspecified atom stereocenters. The van der Waals surface area contributed by atoms with E-state index in [0.29, 0.717) is 23.2 Å². The molecule has 2 heterocycles. The molecule has 118 valence electrons. The van der Waals surface area contributed by atoms with Crippen LogP contribution < -0.4 is 16.6 Å². The summed E-state index contributed by atoms with van der Waals surface area (Å²) in [5.74, 6) is -0.404. The molecule has 0 aromatic carbocycles. The summed E-state index contributed by atoms with van der Waals surface area (Å²) in [6, 6.07) is 0. The zero-order chi connectivity index (χ0) is 16.1. The van der Waals surface area contributed by atoms with Gasteiger partial charge in [0.1, 0.15) is 5.69 Å². The first kappa shape index (κ1) is 14.8. The highest BCUT2D eigenvalue weighted by atomic mass is 16.2. The van der Waals surface area contributed by atoms with E-state index in [1.165, 1.54) is 24.5 Å². The Balaban J connectivity index is 2.01. The molecule has 1 aliphatic carbocycles. The van der Waals surface area contributed by atoms with Crippen molar-refractivity contribution in [2.24, 2.45) is 12.5 Å². The van der Waals surface area contributed by atoms with Crippen molar-refractivity contribution in [1.82, 2.24) is 14.5 Å². The molecular formula is C16H21N3O3. The number of nitrogens with zero attached hydrogens (tertiary/aromatic N) is 2. The Bertz CT molecular complexity index is 781. The van der Waals surface area contributed by atoms with E-state index >= 15 is 0 Å². The SMILES string of the molecule is C=C1Cc2c(n(CCCC3(C)CC3)c(=O)n(C)c2=O)C(=O)N1. The van der Waals surface area contributed by atoms with Gasteiger partial charge in [0.15, 0.2) is 0 Å². The lowest BCUT2D eigenvalue weighted by Crippen LogP contribution is -2.47. The minimum atomic E-state index is -0.424. The van der Waals surface area contributed by atoms with E-state index in [1.807, 2.05) is 0 Å². The summed E-state index contributed by atoms with van der Waals surface area (Å²) in [5, 5.41) is 2.63. The number of carbonyl (C=O) groups excluding carboxylic acids is 1. The number of hydrogen-bond acceptors (Lipinski definition) is 3. The molecule has 0 radical (unpaired) electrons. The predicted molar refractivity (Wildman–Crippen MR) is 82.8 cm³/mol. The lowest BCUT2D eigenvalue weighted by molar-refractivity contribution is 0.0946. The standard InChI is InChI=1S/C16H21N3O3/c1-10-9-11-12(13(20)17-10)19(15(22)18(3)14(11)21)8-4-5-16(2)6-7-16/h1,4-9H2,2-3H3,(H,17,20). The van der Waals surface area contributed by atoms with Gasteiger partial charge in [0.25, 0.3) is 11.5 Å². The number of allylic oxidation sites excluding steroid dienone is 1. The lowest BCUT2D eigenvalue weighted by Gasteiger charge is -2.22. The highest BCUT2D eigenvalue weighted by Gasteiger charge is 2.36. The summed E-state index contributed by atoms with van der Waals surface area (Å²) in [7, 11) is 1.46. The summed E-state index contributed by atoms with van der Waals surface area (Å²) in [6.45, 7) is 6.42. The van der Waals surface area contributed by atoms with Gasteiger partial charge in [-0.15, -0.1) is 0 Å². The van der Waals surface area contributed by atoms with Crippen LogP contribution in [0.4, 0.5) is 0 Å². The number of hydrogen-bond donors (Lipinski definition) is 1. The molecule has 22 heavy (non-hydrogen) atoms. The van der Waals surface area contributed by atoms with E-state index in [0.717, 1.165) is 17.4 Å². The van der Waals surface area contributed by atoms with Gasteiger partial charge in [-0.25, -0.2) is 4.79 Å². The first-order valence-corrected chi connectivity index (χ1v) is 7.64. The van der Waals surface area contributed by atoms with Crippen molar-refractivity contribution in [1.29, 1.82) is 0 Å². The molecule has 0 bridgehead atoms. The van der Waals surface area contributed by atoms with Crippen molar-refractivity contribution in [2.75, 3.05) is 0 Å². The third-order valence-corrected chi connectivity index (χ3v) is 4.80. The molecule has 1 aliphatic heterocycles. The molecule has 1 N–H and O–H groups in total. The molecule has 0 spiro atoms. The number of fused-ring (bicyclic) bond motifs is 1. The smallest absolute Gasteiger partial charge is 0.325 e. The fraction of sp³-hybridized carbons (Fsp3) is 0.562. The molecule has 3 rings (SSSR count). The second-order valence-corrected chi connectivity index (χ2v) is 6.77. The van der Waals surface area contributed by atoms with Crippen LogP contribution in [0, 0.1) is 5.41 Å². The van der Waals surface area contributed by atoms with Crippen LogP contribution in [-0.4, -0.2) is 15.0 Å². The summed E-state index contributed by atoms with van der Waals surface area (Å²) in [6.07, 6.45) is 4.60. The third kappa shape index (κ3) is 2.42. The molecule has 2 aliphatic rings. The molecule has 1 fully saturated rings. The normalized spacial score (nSPS) is 18.8. The second-order valence-electron chi connectivity index (χ2n) is 6.77. The molecule has 1 aromatic rings. The number of amides is 1. The lowest BCUT2D eigenvalue weighted by atomic mass is 10.0. The molecule has 6 heteroatoms. The van der Waals surface area contributed by atoms with Crippen LogP contribution in [0.15, 0.2) is 21.9 Å². The van der Waals surface area contributed by atoms with Gasteiger partial charge in [0.05, 0.1) is 5.56 Å². The van der Waals surface area contributed by atoms with Crippen LogP contribution in [0.3, 0.4) is 0 Å². The van der Waals surface area contributed by atoms with Crippen molar-refractivity contribution >= 4 is 5.91 Å². The largest absolute Gasteiger partial charge is 0.331 e. The monoisotopic (exact) mass is 303 g/mol. The molecule has 1 aromatic heterocycles. The summed E-state index contributed by atoms with van der Waals surface area (Å²) in [5.41, 5.74) is 0.648.